The Bertz CT molecular complexity index is 1520. The third-order valence-electron chi connectivity index (χ3n) is 5.35. The zero-order chi connectivity index (χ0) is 26.7. The second-order valence-corrected chi connectivity index (χ2v) is 9.65. The molecule has 1 heterocycles. The summed E-state index contributed by atoms with van der Waals surface area (Å²) in [6, 6.07) is 17.3. The Kier molecular flexibility index (Phi) is 8.15. The Morgan fingerprint density at radius 1 is 1.16 bits per heavy atom. The molecule has 0 spiro atoms. The van der Waals surface area contributed by atoms with E-state index in [0.717, 1.165) is 4.90 Å². The minimum Gasteiger partial charge on any atom is -0.493 e. The van der Waals surface area contributed by atoms with Crippen molar-refractivity contribution in [3.63, 3.8) is 0 Å². The van der Waals surface area contributed by atoms with Gasteiger partial charge in [-0.3, -0.25) is 19.8 Å². The van der Waals surface area contributed by atoms with E-state index < -0.39 is 11.8 Å². The summed E-state index contributed by atoms with van der Waals surface area (Å²) >= 11 is 21.1. The van der Waals surface area contributed by atoms with Gasteiger partial charge in [0.05, 0.1) is 38.9 Å². The highest BCUT2D eigenvalue weighted by atomic mass is 79.9. The van der Waals surface area contributed by atoms with Crippen LogP contribution in [0.1, 0.15) is 16.7 Å². The van der Waals surface area contributed by atoms with Crippen LogP contribution in [0.3, 0.4) is 0 Å². The first-order valence-electron chi connectivity index (χ1n) is 10.6. The van der Waals surface area contributed by atoms with Crippen LogP contribution in [0.25, 0.3) is 6.08 Å². The van der Waals surface area contributed by atoms with Gasteiger partial charge in [-0.1, -0.05) is 47.5 Å². The van der Waals surface area contributed by atoms with Crippen LogP contribution in [0.2, 0.25) is 10.0 Å². The van der Waals surface area contributed by atoms with E-state index in [1.807, 2.05) is 6.07 Å². The molecule has 1 aliphatic heterocycles. The summed E-state index contributed by atoms with van der Waals surface area (Å²) in [4.78, 5) is 27.2. The van der Waals surface area contributed by atoms with Crippen LogP contribution < -0.4 is 19.7 Å². The number of halogens is 3. The highest BCUT2D eigenvalue weighted by Crippen LogP contribution is 2.39. The molecule has 3 aromatic rings. The van der Waals surface area contributed by atoms with Gasteiger partial charge < -0.3 is 9.47 Å². The van der Waals surface area contributed by atoms with Crippen LogP contribution in [0.15, 0.2) is 64.6 Å². The van der Waals surface area contributed by atoms with Crippen molar-refractivity contribution in [3.05, 3.63) is 91.4 Å². The van der Waals surface area contributed by atoms with Gasteiger partial charge in [0.15, 0.2) is 16.6 Å². The first-order chi connectivity index (χ1) is 17.7. The number of methoxy groups -OCH3 is 1. The normalized spacial score (nSPS) is 14.4. The van der Waals surface area contributed by atoms with Gasteiger partial charge in [-0.2, -0.15) is 5.26 Å². The van der Waals surface area contributed by atoms with E-state index >= 15 is 0 Å². The number of nitrogens with zero attached hydrogens (tertiary/aromatic N) is 2. The lowest BCUT2D eigenvalue weighted by Crippen LogP contribution is -2.54. The molecule has 0 radical (unpaired) electrons. The summed E-state index contributed by atoms with van der Waals surface area (Å²) in [5, 5.41) is 12.1. The minimum absolute atomic E-state index is 0.114. The van der Waals surface area contributed by atoms with Crippen LogP contribution in [0.5, 0.6) is 11.5 Å². The summed E-state index contributed by atoms with van der Waals surface area (Å²) in [5.74, 6) is -0.579. The molecule has 0 atom stereocenters. The average Bonchev–Trinajstić information content (AvgIpc) is 2.88. The molecule has 4 rings (SSSR count). The number of benzene rings is 3. The van der Waals surface area contributed by atoms with Crippen molar-refractivity contribution in [3.8, 4) is 17.6 Å². The number of hydrogen-bond acceptors (Lipinski definition) is 6. The molecule has 186 valence electrons. The Morgan fingerprint density at radius 3 is 2.65 bits per heavy atom. The van der Waals surface area contributed by atoms with Gasteiger partial charge in [-0.25, -0.2) is 0 Å². The fourth-order valence-electron chi connectivity index (χ4n) is 3.58. The molecule has 0 aliphatic carbocycles. The largest absolute Gasteiger partial charge is 0.493 e. The number of carbonyl (C=O) groups excluding carboxylic acids is 2. The maximum Gasteiger partial charge on any atom is 0.270 e. The molecular weight excluding hydrogens is 601 g/mol. The number of nitrogens with one attached hydrogen (secondary N) is 1. The molecule has 1 aliphatic rings. The first-order valence-corrected chi connectivity index (χ1v) is 12.5. The summed E-state index contributed by atoms with van der Waals surface area (Å²) in [6.07, 6.45) is 1.41. The number of thiocarbonyl (C=S) groups is 1. The van der Waals surface area contributed by atoms with Gasteiger partial charge in [0.2, 0.25) is 0 Å². The highest BCUT2D eigenvalue weighted by Gasteiger charge is 2.35. The maximum absolute atomic E-state index is 13.4. The molecule has 7 nitrogen and oxygen atoms in total. The predicted molar refractivity (Wildman–Crippen MR) is 149 cm³/mol. The average molecular weight is 617 g/mol. The summed E-state index contributed by atoms with van der Waals surface area (Å²) in [6.45, 7) is 0.132. The first kappa shape index (κ1) is 26.6. The molecule has 1 N–H and O–H groups in total. The van der Waals surface area contributed by atoms with Crippen molar-refractivity contribution in [2.75, 3.05) is 12.0 Å². The number of carbonyl (C=O) groups is 2. The molecule has 1 fully saturated rings. The van der Waals surface area contributed by atoms with Crippen molar-refractivity contribution in [2.45, 2.75) is 6.61 Å². The predicted octanol–water partition coefficient (Wildman–Crippen LogP) is 6.05. The fourth-order valence-corrected chi connectivity index (χ4v) is 4.80. The zero-order valence-corrected chi connectivity index (χ0v) is 23.0. The van der Waals surface area contributed by atoms with Crippen molar-refractivity contribution in [2.24, 2.45) is 0 Å². The summed E-state index contributed by atoms with van der Waals surface area (Å²) < 4.78 is 12.0. The lowest BCUT2D eigenvalue weighted by molar-refractivity contribution is -0.122. The van der Waals surface area contributed by atoms with E-state index in [-0.39, 0.29) is 33.0 Å². The molecule has 0 aromatic heterocycles. The molecule has 0 saturated carbocycles. The van der Waals surface area contributed by atoms with Crippen molar-refractivity contribution in [1.29, 1.82) is 5.26 Å². The van der Waals surface area contributed by atoms with E-state index in [1.54, 1.807) is 48.5 Å². The number of hydrogen-bond donors (Lipinski definition) is 1. The Hall–Kier alpha value is -3.42. The quantitative estimate of drug-likeness (QED) is 0.206. The van der Waals surface area contributed by atoms with E-state index in [2.05, 4.69) is 27.3 Å². The zero-order valence-electron chi connectivity index (χ0n) is 19.1. The summed E-state index contributed by atoms with van der Waals surface area (Å²) in [5.41, 5.74) is 1.77. The maximum atomic E-state index is 13.4. The monoisotopic (exact) mass is 615 g/mol. The third kappa shape index (κ3) is 5.48. The third-order valence-corrected chi connectivity index (χ3v) is 7.03. The fraction of sp³-hybridized carbons (Fsp3) is 0.0769. The SMILES string of the molecule is COc1cc(/C=C2\C(=O)NC(=S)N(c3cccc(Cl)c3Cl)C2=O)cc(Br)c1OCc1ccccc1C#N. The van der Waals surface area contributed by atoms with Gasteiger partial charge in [-0.15, -0.1) is 0 Å². The number of ether oxygens (including phenoxy) is 2. The molecule has 1 saturated heterocycles. The topological polar surface area (TPSA) is 91.7 Å². The Balaban J connectivity index is 1.67. The van der Waals surface area contributed by atoms with Crippen LogP contribution in [0.4, 0.5) is 5.69 Å². The van der Waals surface area contributed by atoms with E-state index in [0.29, 0.717) is 32.7 Å². The number of amides is 2. The van der Waals surface area contributed by atoms with Crippen molar-refractivity contribution in [1.82, 2.24) is 5.32 Å². The van der Waals surface area contributed by atoms with Gasteiger partial charge >= 0.3 is 0 Å². The van der Waals surface area contributed by atoms with Crippen molar-refractivity contribution >= 4 is 80.0 Å². The van der Waals surface area contributed by atoms with E-state index in [9.17, 15) is 14.9 Å². The van der Waals surface area contributed by atoms with Crippen LogP contribution in [0, 0.1) is 11.3 Å². The van der Waals surface area contributed by atoms with Crippen LogP contribution in [-0.4, -0.2) is 24.0 Å². The molecule has 3 aromatic carbocycles. The lowest BCUT2D eigenvalue weighted by Gasteiger charge is -2.29. The molecule has 0 unspecified atom stereocenters. The van der Waals surface area contributed by atoms with Gasteiger partial charge in [-0.05, 0) is 70.1 Å². The van der Waals surface area contributed by atoms with Crippen LogP contribution >= 0.6 is 51.3 Å². The smallest absolute Gasteiger partial charge is 0.270 e. The minimum atomic E-state index is -0.665. The number of nitriles is 1. The molecular formula is C26H16BrCl2N3O4S. The molecule has 37 heavy (non-hydrogen) atoms. The second kappa shape index (κ2) is 11.3. The van der Waals surface area contributed by atoms with Crippen molar-refractivity contribution < 1.29 is 19.1 Å². The van der Waals surface area contributed by atoms with Gasteiger partial charge in [0.25, 0.3) is 11.8 Å². The molecule has 2 amide bonds. The number of rotatable bonds is 6. The standard InChI is InChI=1S/C26H16BrCl2N3O4S/c1-35-21-11-14(10-18(27)23(21)36-13-16-6-3-2-5-15(16)12-30)9-17-24(33)31-26(37)32(25(17)34)20-8-4-7-19(28)22(20)29/h2-11H,13H2,1H3,(H,31,33,37)/b17-9+. The van der Waals surface area contributed by atoms with Crippen LogP contribution in [-0.2, 0) is 16.2 Å². The molecule has 0 bridgehead atoms. The van der Waals surface area contributed by atoms with Gasteiger partial charge in [0.1, 0.15) is 12.2 Å². The Labute approximate surface area is 236 Å². The summed E-state index contributed by atoms with van der Waals surface area (Å²) in [7, 11) is 1.47. The van der Waals surface area contributed by atoms with Gasteiger partial charge in [0, 0.05) is 5.56 Å². The Morgan fingerprint density at radius 2 is 1.92 bits per heavy atom. The number of anilines is 1. The second-order valence-electron chi connectivity index (χ2n) is 7.62. The molecule has 11 heteroatoms. The highest BCUT2D eigenvalue weighted by molar-refractivity contribution is 9.10. The lowest BCUT2D eigenvalue weighted by atomic mass is 10.1. The van der Waals surface area contributed by atoms with E-state index in [4.69, 9.17) is 44.9 Å². The van der Waals surface area contributed by atoms with E-state index in [1.165, 1.54) is 13.2 Å².